The molecule has 9 heteroatoms. The highest BCUT2D eigenvalue weighted by Crippen LogP contribution is 2.29. The van der Waals surface area contributed by atoms with Gasteiger partial charge in [0.25, 0.3) is 0 Å². The third-order valence-electron chi connectivity index (χ3n) is 4.46. The standard InChI is InChI=1S/C20H20N6O2S/c1-4-10-26-14-9-7-6-8-13(14)17-18(26)22-20(24-23-17)29-15(5-2)19(27)21-16-11-12(3)28-25-16/h4,6-9,11,15H,1,5,10H2,2-3H3,(H,21,25,27). The van der Waals surface area contributed by atoms with Crippen LogP contribution in [0, 0.1) is 6.92 Å². The van der Waals surface area contributed by atoms with Crippen molar-refractivity contribution in [3.63, 3.8) is 0 Å². The van der Waals surface area contributed by atoms with E-state index in [1.807, 2.05) is 37.3 Å². The average Bonchev–Trinajstić information content (AvgIpc) is 3.27. The lowest BCUT2D eigenvalue weighted by Gasteiger charge is -2.12. The fourth-order valence-electron chi connectivity index (χ4n) is 3.13. The van der Waals surface area contributed by atoms with Gasteiger partial charge in [0.2, 0.25) is 11.1 Å². The first-order chi connectivity index (χ1) is 14.1. The van der Waals surface area contributed by atoms with Crippen LogP contribution in [0.4, 0.5) is 5.82 Å². The van der Waals surface area contributed by atoms with Gasteiger partial charge in [0, 0.05) is 18.0 Å². The molecule has 0 saturated carbocycles. The van der Waals surface area contributed by atoms with Crippen LogP contribution in [-0.4, -0.2) is 36.1 Å². The van der Waals surface area contributed by atoms with Crippen LogP contribution in [-0.2, 0) is 11.3 Å². The molecule has 0 bridgehead atoms. The topological polar surface area (TPSA) is 98.7 Å². The molecule has 0 aliphatic heterocycles. The van der Waals surface area contributed by atoms with Gasteiger partial charge in [0.15, 0.2) is 11.5 Å². The number of para-hydroxylation sites is 1. The van der Waals surface area contributed by atoms with Gasteiger partial charge >= 0.3 is 0 Å². The van der Waals surface area contributed by atoms with Crippen LogP contribution in [0.2, 0.25) is 0 Å². The number of nitrogens with zero attached hydrogens (tertiary/aromatic N) is 5. The van der Waals surface area contributed by atoms with Crippen LogP contribution >= 0.6 is 11.8 Å². The average molecular weight is 408 g/mol. The van der Waals surface area contributed by atoms with Crippen LogP contribution in [0.15, 0.2) is 52.7 Å². The summed E-state index contributed by atoms with van der Waals surface area (Å²) >= 11 is 1.28. The van der Waals surface area contributed by atoms with E-state index >= 15 is 0 Å². The zero-order valence-electron chi connectivity index (χ0n) is 16.1. The number of amides is 1. The quantitative estimate of drug-likeness (QED) is 0.365. The maximum atomic E-state index is 12.6. The maximum Gasteiger partial charge on any atom is 0.239 e. The molecule has 4 rings (SSSR count). The third kappa shape index (κ3) is 3.73. The van der Waals surface area contributed by atoms with Crippen molar-refractivity contribution in [3.05, 3.63) is 48.7 Å². The second-order valence-corrected chi connectivity index (χ2v) is 7.68. The second-order valence-electron chi connectivity index (χ2n) is 6.51. The van der Waals surface area contributed by atoms with E-state index in [1.54, 1.807) is 13.0 Å². The van der Waals surface area contributed by atoms with Gasteiger partial charge in [-0.25, -0.2) is 4.98 Å². The Balaban J connectivity index is 1.64. The van der Waals surface area contributed by atoms with Gasteiger partial charge in [-0.3, -0.25) is 4.79 Å². The molecule has 1 amide bonds. The number of rotatable bonds is 7. The molecule has 8 nitrogen and oxygen atoms in total. The number of aryl methyl sites for hydroxylation is 1. The number of hydrogen-bond donors (Lipinski definition) is 1. The Hall–Kier alpha value is -3.20. The number of hydrogen-bond acceptors (Lipinski definition) is 7. The fourth-order valence-corrected chi connectivity index (χ4v) is 3.95. The molecule has 0 saturated heterocycles. The minimum absolute atomic E-state index is 0.180. The number of aromatic nitrogens is 5. The van der Waals surface area contributed by atoms with Crippen molar-refractivity contribution < 1.29 is 9.32 Å². The predicted octanol–water partition coefficient (Wildman–Crippen LogP) is 3.97. The van der Waals surface area contributed by atoms with E-state index in [0.29, 0.717) is 29.7 Å². The predicted molar refractivity (Wildman–Crippen MR) is 113 cm³/mol. The summed E-state index contributed by atoms with van der Waals surface area (Å²) in [5.74, 6) is 0.849. The first-order valence-corrected chi connectivity index (χ1v) is 10.1. The molecule has 1 aromatic carbocycles. The van der Waals surface area contributed by atoms with E-state index in [1.165, 1.54) is 11.8 Å². The molecule has 0 radical (unpaired) electrons. The first-order valence-electron chi connectivity index (χ1n) is 9.24. The Bertz CT molecular complexity index is 1200. The van der Waals surface area contributed by atoms with Crippen molar-refractivity contribution in [2.75, 3.05) is 5.32 Å². The van der Waals surface area contributed by atoms with Crippen LogP contribution < -0.4 is 5.32 Å². The molecule has 0 aliphatic rings. The lowest BCUT2D eigenvalue weighted by atomic mass is 10.2. The summed E-state index contributed by atoms with van der Waals surface area (Å²) in [5.41, 5.74) is 2.49. The van der Waals surface area contributed by atoms with E-state index in [-0.39, 0.29) is 11.2 Å². The van der Waals surface area contributed by atoms with E-state index in [9.17, 15) is 4.79 Å². The van der Waals surface area contributed by atoms with Gasteiger partial charge in [-0.05, 0) is 19.4 Å². The fraction of sp³-hybridized carbons (Fsp3) is 0.250. The normalized spacial score (nSPS) is 12.3. The van der Waals surface area contributed by atoms with E-state index in [2.05, 4.69) is 31.8 Å². The van der Waals surface area contributed by atoms with Gasteiger partial charge in [-0.2, -0.15) is 0 Å². The summed E-state index contributed by atoms with van der Waals surface area (Å²) in [5, 5.41) is 16.3. The first kappa shape index (κ1) is 19.1. The number of allylic oxidation sites excluding steroid dienone is 1. The van der Waals surface area contributed by atoms with E-state index in [0.717, 1.165) is 22.1 Å². The molecule has 29 heavy (non-hydrogen) atoms. The smallest absolute Gasteiger partial charge is 0.239 e. The molecule has 1 unspecified atom stereocenters. The minimum atomic E-state index is -0.386. The van der Waals surface area contributed by atoms with Crippen molar-refractivity contribution in [3.8, 4) is 0 Å². The van der Waals surface area contributed by atoms with Gasteiger partial charge in [0.1, 0.15) is 11.3 Å². The Morgan fingerprint density at radius 2 is 2.21 bits per heavy atom. The van der Waals surface area contributed by atoms with Crippen molar-refractivity contribution in [2.24, 2.45) is 0 Å². The zero-order chi connectivity index (χ0) is 20.4. The highest BCUT2D eigenvalue weighted by Gasteiger charge is 2.22. The van der Waals surface area contributed by atoms with Crippen LogP contribution in [0.1, 0.15) is 19.1 Å². The number of benzene rings is 1. The van der Waals surface area contributed by atoms with Gasteiger partial charge in [0.05, 0.1) is 10.8 Å². The second kappa shape index (κ2) is 8.04. The summed E-state index contributed by atoms with van der Waals surface area (Å²) in [6.45, 7) is 8.15. The Morgan fingerprint density at radius 3 is 2.93 bits per heavy atom. The summed E-state index contributed by atoms with van der Waals surface area (Å²) in [6.07, 6.45) is 2.42. The number of thioether (sulfide) groups is 1. The van der Waals surface area contributed by atoms with Crippen LogP contribution in [0.5, 0.6) is 0 Å². The Kier molecular flexibility index (Phi) is 5.30. The monoisotopic (exact) mass is 408 g/mol. The summed E-state index contributed by atoms with van der Waals surface area (Å²) in [4.78, 5) is 17.3. The van der Waals surface area contributed by atoms with Crippen molar-refractivity contribution in [1.82, 2.24) is 24.9 Å². The SMILES string of the molecule is C=CCn1c2ccccc2c2nnc(SC(CC)C(=O)Nc3cc(C)on3)nc21. The number of nitrogens with one attached hydrogen (secondary N) is 1. The third-order valence-corrected chi connectivity index (χ3v) is 5.67. The molecule has 3 aromatic heterocycles. The largest absolute Gasteiger partial charge is 0.360 e. The van der Waals surface area contributed by atoms with Gasteiger partial charge in [-0.1, -0.05) is 48.1 Å². The Morgan fingerprint density at radius 1 is 1.38 bits per heavy atom. The number of anilines is 1. The molecule has 1 N–H and O–H groups in total. The molecule has 148 valence electrons. The Labute approximate surface area is 171 Å². The van der Waals surface area contributed by atoms with Crippen LogP contribution in [0.25, 0.3) is 22.1 Å². The molecule has 3 heterocycles. The molecular formula is C20H20N6O2S. The zero-order valence-corrected chi connectivity index (χ0v) is 16.9. The summed E-state index contributed by atoms with van der Waals surface area (Å²) in [6, 6.07) is 9.65. The van der Waals surface area contributed by atoms with Crippen molar-refractivity contribution in [2.45, 2.75) is 37.2 Å². The van der Waals surface area contributed by atoms with Gasteiger partial charge in [-0.15, -0.1) is 16.8 Å². The molecular weight excluding hydrogens is 388 g/mol. The number of fused-ring (bicyclic) bond motifs is 3. The lowest BCUT2D eigenvalue weighted by molar-refractivity contribution is -0.115. The van der Waals surface area contributed by atoms with Crippen molar-refractivity contribution >= 4 is 45.6 Å². The number of carbonyl (C=O) groups excluding carboxylic acids is 1. The van der Waals surface area contributed by atoms with Gasteiger partial charge < -0.3 is 14.4 Å². The van der Waals surface area contributed by atoms with E-state index in [4.69, 9.17) is 9.51 Å². The summed E-state index contributed by atoms with van der Waals surface area (Å²) in [7, 11) is 0. The summed E-state index contributed by atoms with van der Waals surface area (Å²) < 4.78 is 7.04. The van der Waals surface area contributed by atoms with Crippen molar-refractivity contribution in [1.29, 1.82) is 0 Å². The number of carbonyl (C=O) groups is 1. The highest BCUT2D eigenvalue weighted by atomic mass is 32.2. The molecule has 1 atom stereocenters. The highest BCUT2D eigenvalue weighted by molar-refractivity contribution is 8.00. The molecule has 4 aromatic rings. The molecule has 0 aliphatic carbocycles. The lowest BCUT2D eigenvalue weighted by Crippen LogP contribution is -2.25. The minimum Gasteiger partial charge on any atom is -0.360 e. The van der Waals surface area contributed by atoms with Crippen LogP contribution in [0.3, 0.4) is 0 Å². The maximum absolute atomic E-state index is 12.6. The molecule has 0 fully saturated rings. The molecule has 0 spiro atoms. The van der Waals surface area contributed by atoms with E-state index < -0.39 is 0 Å².